The van der Waals surface area contributed by atoms with Gasteiger partial charge >= 0.3 is 0 Å². The fourth-order valence-electron chi connectivity index (χ4n) is 1.14. The number of ether oxygens (including phenoxy) is 4. The molecule has 0 heterocycles. The van der Waals surface area contributed by atoms with Crippen molar-refractivity contribution in [1.29, 1.82) is 0 Å². The molecule has 0 rings (SSSR count). The molecule has 0 saturated carbocycles. The summed E-state index contributed by atoms with van der Waals surface area (Å²) in [5, 5.41) is 8.61. The van der Waals surface area contributed by atoms with Gasteiger partial charge in [-0.05, 0) is 27.7 Å². The third kappa shape index (κ3) is 12.1. The van der Waals surface area contributed by atoms with E-state index in [1.165, 1.54) is 0 Å². The highest BCUT2D eigenvalue weighted by Crippen LogP contribution is 2.01. The molecule has 0 saturated heterocycles. The third-order valence-corrected chi connectivity index (χ3v) is 1.75. The van der Waals surface area contributed by atoms with E-state index in [0.717, 1.165) is 0 Å². The molecule has 0 fully saturated rings. The number of aliphatic hydroxyl groups is 1. The van der Waals surface area contributed by atoms with Crippen LogP contribution in [0.3, 0.4) is 0 Å². The van der Waals surface area contributed by atoms with Crippen molar-refractivity contribution in [2.75, 3.05) is 33.0 Å². The summed E-state index contributed by atoms with van der Waals surface area (Å²) < 4.78 is 21.6. The summed E-state index contributed by atoms with van der Waals surface area (Å²) in [6.45, 7) is 9.46. The van der Waals surface area contributed by atoms with Crippen molar-refractivity contribution >= 4 is 0 Å². The molecule has 0 amide bonds. The standard InChI is InChI=1S/C12H26O5/c1-10(2)15-7-8-16-12(17-11(3)4)9-14-6-5-13/h10-13H,5-9H2,1-4H3. The molecule has 1 N–H and O–H groups in total. The molecule has 0 aromatic carbocycles. The Morgan fingerprint density at radius 1 is 0.882 bits per heavy atom. The second-order valence-electron chi connectivity index (χ2n) is 4.20. The summed E-state index contributed by atoms with van der Waals surface area (Å²) in [5.41, 5.74) is 0. The van der Waals surface area contributed by atoms with Gasteiger partial charge in [-0.15, -0.1) is 0 Å². The van der Waals surface area contributed by atoms with Crippen LogP contribution >= 0.6 is 0 Å². The Kier molecular flexibility index (Phi) is 10.8. The Morgan fingerprint density at radius 3 is 2.06 bits per heavy atom. The zero-order valence-corrected chi connectivity index (χ0v) is 11.3. The lowest BCUT2D eigenvalue weighted by molar-refractivity contribution is -0.196. The van der Waals surface area contributed by atoms with Gasteiger partial charge in [-0.3, -0.25) is 0 Å². The van der Waals surface area contributed by atoms with E-state index in [0.29, 0.717) is 26.4 Å². The Morgan fingerprint density at radius 2 is 1.53 bits per heavy atom. The normalized spacial score (nSPS) is 13.6. The predicted molar refractivity (Wildman–Crippen MR) is 65.0 cm³/mol. The molecule has 1 atom stereocenters. The first-order chi connectivity index (χ1) is 8.06. The molecule has 0 spiro atoms. The SMILES string of the molecule is CC(C)OCCOC(COCCO)OC(C)C. The molecule has 5 nitrogen and oxygen atoms in total. The van der Waals surface area contributed by atoms with Crippen molar-refractivity contribution in [3.05, 3.63) is 0 Å². The molecular weight excluding hydrogens is 224 g/mol. The Balaban J connectivity index is 3.68. The van der Waals surface area contributed by atoms with Crippen LogP contribution in [-0.4, -0.2) is 56.6 Å². The van der Waals surface area contributed by atoms with Crippen molar-refractivity contribution in [1.82, 2.24) is 0 Å². The molecule has 0 radical (unpaired) electrons. The molecule has 0 aliphatic carbocycles. The molecule has 17 heavy (non-hydrogen) atoms. The maximum atomic E-state index is 8.61. The highest BCUT2D eigenvalue weighted by molar-refractivity contribution is 4.47. The molecule has 0 aromatic heterocycles. The first-order valence-corrected chi connectivity index (χ1v) is 6.13. The summed E-state index contributed by atoms with van der Waals surface area (Å²) in [6, 6.07) is 0. The van der Waals surface area contributed by atoms with Crippen LogP contribution in [0.1, 0.15) is 27.7 Å². The van der Waals surface area contributed by atoms with Crippen molar-refractivity contribution < 1.29 is 24.1 Å². The lowest BCUT2D eigenvalue weighted by atomic mass is 10.5. The van der Waals surface area contributed by atoms with Crippen molar-refractivity contribution in [3.8, 4) is 0 Å². The molecular formula is C12H26O5. The quantitative estimate of drug-likeness (QED) is 0.441. The second-order valence-corrected chi connectivity index (χ2v) is 4.20. The van der Waals surface area contributed by atoms with Crippen LogP contribution in [0.2, 0.25) is 0 Å². The average Bonchev–Trinajstić information content (AvgIpc) is 2.23. The Labute approximate surface area is 104 Å². The molecule has 104 valence electrons. The Hall–Kier alpha value is -0.200. The maximum absolute atomic E-state index is 8.61. The van der Waals surface area contributed by atoms with Crippen LogP contribution in [0.4, 0.5) is 0 Å². The van der Waals surface area contributed by atoms with Crippen LogP contribution in [0, 0.1) is 0 Å². The van der Waals surface area contributed by atoms with Gasteiger partial charge < -0.3 is 24.1 Å². The van der Waals surface area contributed by atoms with Crippen molar-refractivity contribution in [2.45, 2.75) is 46.2 Å². The fourth-order valence-corrected chi connectivity index (χ4v) is 1.14. The molecule has 0 bridgehead atoms. The van der Waals surface area contributed by atoms with Gasteiger partial charge in [-0.2, -0.15) is 0 Å². The van der Waals surface area contributed by atoms with E-state index in [4.69, 9.17) is 24.1 Å². The van der Waals surface area contributed by atoms with Gasteiger partial charge in [0, 0.05) is 0 Å². The first-order valence-electron chi connectivity index (χ1n) is 6.13. The van der Waals surface area contributed by atoms with E-state index in [1.807, 2.05) is 27.7 Å². The molecule has 0 aliphatic rings. The van der Waals surface area contributed by atoms with E-state index in [2.05, 4.69) is 0 Å². The van der Waals surface area contributed by atoms with Gasteiger partial charge in [-0.25, -0.2) is 0 Å². The monoisotopic (exact) mass is 250 g/mol. The summed E-state index contributed by atoms with van der Waals surface area (Å²) >= 11 is 0. The minimum absolute atomic E-state index is 0.00482. The largest absolute Gasteiger partial charge is 0.394 e. The molecule has 5 heteroatoms. The predicted octanol–water partition coefficient (Wildman–Crippen LogP) is 1.19. The minimum atomic E-state index is -0.405. The van der Waals surface area contributed by atoms with Crippen molar-refractivity contribution in [3.63, 3.8) is 0 Å². The zero-order valence-electron chi connectivity index (χ0n) is 11.3. The van der Waals surface area contributed by atoms with Gasteiger partial charge in [0.05, 0.1) is 45.2 Å². The van der Waals surface area contributed by atoms with Gasteiger partial charge in [0.15, 0.2) is 6.29 Å². The summed E-state index contributed by atoms with van der Waals surface area (Å²) in [4.78, 5) is 0. The van der Waals surface area contributed by atoms with Crippen molar-refractivity contribution in [2.24, 2.45) is 0 Å². The summed E-state index contributed by atoms with van der Waals surface area (Å²) in [7, 11) is 0. The number of hydrogen-bond acceptors (Lipinski definition) is 5. The van der Waals surface area contributed by atoms with Gasteiger partial charge in [0.2, 0.25) is 0 Å². The van der Waals surface area contributed by atoms with E-state index in [-0.39, 0.29) is 18.8 Å². The molecule has 0 aromatic rings. The van der Waals surface area contributed by atoms with Crippen LogP contribution in [0.5, 0.6) is 0 Å². The van der Waals surface area contributed by atoms with Gasteiger partial charge in [0.1, 0.15) is 0 Å². The van der Waals surface area contributed by atoms with Crippen LogP contribution in [0.15, 0.2) is 0 Å². The van der Waals surface area contributed by atoms with Crippen LogP contribution < -0.4 is 0 Å². The first kappa shape index (κ1) is 16.8. The highest BCUT2D eigenvalue weighted by Gasteiger charge is 2.11. The summed E-state index contributed by atoms with van der Waals surface area (Å²) in [6.07, 6.45) is -0.130. The Bertz CT molecular complexity index is 161. The minimum Gasteiger partial charge on any atom is -0.394 e. The number of hydrogen-bond donors (Lipinski definition) is 1. The third-order valence-electron chi connectivity index (χ3n) is 1.75. The fraction of sp³-hybridized carbons (Fsp3) is 1.00. The van der Waals surface area contributed by atoms with E-state index in [1.54, 1.807) is 0 Å². The van der Waals surface area contributed by atoms with Gasteiger partial charge in [0.25, 0.3) is 0 Å². The van der Waals surface area contributed by atoms with Crippen LogP contribution in [0.25, 0.3) is 0 Å². The lowest BCUT2D eigenvalue weighted by Crippen LogP contribution is -2.28. The van der Waals surface area contributed by atoms with E-state index < -0.39 is 6.29 Å². The number of aliphatic hydroxyl groups excluding tert-OH is 1. The van der Waals surface area contributed by atoms with E-state index >= 15 is 0 Å². The number of rotatable bonds is 11. The van der Waals surface area contributed by atoms with E-state index in [9.17, 15) is 0 Å². The lowest BCUT2D eigenvalue weighted by Gasteiger charge is -2.21. The van der Waals surface area contributed by atoms with Gasteiger partial charge in [-0.1, -0.05) is 0 Å². The second kappa shape index (κ2) is 10.9. The summed E-state index contributed by atoms with van der Waals surface area (Å²) in [5.74, 6) is 0. The molecule has 1 unspecified atom stereocenters. The topological polar surface area (TPSA) is 57.2 Å². The smallest absolute Gasteiger partial charge is 0.181 e. The average molecular weight is 250 g/mol. The van der Waals surface area contributed by atoms with Crippen LogP contribution in [-0.2, 0) is 18.9 Å². The zero-order chi connectivity index (χ0) is 13.1. The highest BCUT2D eigenvalue weighted by atomic mass is 16.7. The maximum Gasteiger partial charge on any atom is 0.181 e. The molecule has 0 aliphatic heterocycles.